The van der Waals surface area contributed by atoms with Gasteiger partial charge in [0.25, 0.3) is 0 Å². The first-order chi connectivity index (χ1) is 9.84. The Kier molecular flexibility index (Phi) is 5.00. The van der Waals surface area contributed by atoms with Crippen molar-refractivity contribution in [2.45, 2.75) is 51.7 Å². The predicted molar refractivity (Wildman–Crippen MR) is 80.8 cm³/mol. The lowest BCUT2D eigenvalue weighted by atomic mass is 9.92. The number of carbonyl (C=O) groups excluding carboxylic acids is 1. The number of β-amino-alcohol motifs (C(OH)–C–C–N with tert-alkyl or cyclic N) is 1. The Labute approximate surface area is 125 Å². The fourth-order valence-corrected chi connectivity index (χ4v) is 2.46. The fourth-order valence-electron chi connectivity index (χ4n) is 2.46. The third-order valence-corrected chi connectivity index (χ3v) is 3.72. The number of hydrogen-bond acceptors (Lipinski definition) is 4. The molecule has 2 rings (SSSR count). The molecule has 0 bridgehead atoms. The van der Waals surface area contributed by atoms with Gasteiger partial charge in [-0.15, -0.1) is 0 Å². The van der Waals surface area contributed by atoms with Crippen LogP contribution in [0, 0.1) is 0 Å². The smallest absolute Gasteiger partial charge is 0.234 e. The van der Waals surface area contributed by atoms with Gasteiger partial charge < -0.3 is 10.4 Å². The van der Waals surface area contributed by atoms with Gasteiger partial charge in [-0.2, -0.15) is 5.10 Å². The van der Waals surface area contributed by atoms with E-state index in [0.717, 1.165) is 30.8 Å². The summed E-state index contributed by atoms with van der Waals surface area (Å²) >= 11 is 0. The van der Waals surface area contributed by atoms with Crippen molar-refractivity contribution in [3.05, 3.63) is 17.5 Å². The van der Waals surface area contributed by atoms with Gasteiger partial charge in [-0.05, 0) is 25.5 Å². The van der Waals surface area contributed by atoms with E-state index in [4.69, 9.17) is 0 Å². The summed E-state index contributed by atoms with van der Waals surface area (Å²) in [5, 5.41) is 19.7. The highest BCUT2D eigenvalue weighted by atomic mass is 16.3. The first kappa shape index (κ1) is 16.0. The number of aromatic nitrogens is 2. The van der Waals surface area contributed by atoms with Gasteiger partial charge in [0.2, 0.25) is 5.91 Å². The zero-order valence-corrected chi connectivity index (χ0v) is 13.1. The van der Waals surface area contributed by atoms with Crippen molar-refractivity contribution >= 4 is 5.91 Å². The Morgan fingerprint density at radius 2 is 2.33 bits per heavy atom. The zero-order valence-electron chi connectivity index (χ0n) is 13.1. The highest BCUT2D eigenvalue weighted by Gasteiger charge is 2.20. The number of carbonyl (C=O) groups is 1. The molecule has 21 heavy (non-hydrogen) atoms. The van der Waals surface area contributed by atoms with Gasteiger partial charge in [0.15, 0.2) is 0 Å². The minimum Gasteiger partial charge on any atom is -0.392 e. The maximum absolute atomic E-state index is 11.9. The molecule has 1 fully saturated rings. The van der Waals surface area contributed by atoms with E-state index in [1.165, 1.54) is 0 Å². The quantitative estimate of drug-likeness (QED) is 0.766. The third kappa shape index (κ3) is 4.82. The maximum atomic E-state index is 11.9. The second-order valence-electron chi connectivity index (χ2n) is 6.84. The SMILES string of the molecule is CC(C)(C)c1cc(CNC(=O)CN2CCC[C@H](O)C2)[nH]n1. The molecule has 2 heterocycles. The van der Waals surface area contributed by atoms with Crippen LogP contribution in [0.1, 0.15) is 45.0 Å². The molecular formula is C15H26N4O2. The molecular weight excluding hydrogens is 268 g/mol. The Balaban J connectivity index is 1.77. The van der Waals surface area contributed by atoms with E-state index in [1.807, 2.05) is 11.0 Å². The first-order valence-corrected chi connectivity index (χ1v) is 7.56. The molecule has 1 atom stereocenters. The summed E-state index contributed by atoms with van der Waals surface area (Å²) in [5.74, 6) is -0.0176. The number of aromatic amines is 1. The average molecular weight is 294 g/mol. The average Bonchev–Trinajstić information content (AvgIpc) is 2.85. The fraction of sp³-hybridized carbons (Fsp3) is 0.733. The molecule has 1 aromatic rings. The van der Waals surface area contributed by atoms with Crippen LogP contribution >= 0.6 is 0 Å². The summed E-state index contributed by atoms with van der Waals surface area (Å²) in [4.78, 5) is 13.9. The molecule has 6 nitrogen and oxygen atoms in total. The lowest BCUT2D eigenvalue weighted by Crippen LogP contribution is -2.44. The van der Waals surface area contributed by atoms with Gasteiger partial charge >= 0.3 is 0 Å². The van der Waals surface area contributed by atoms with Crippen LogP contribution in [0.25, 0.3) is 0 Å². The van der Waals surface area contributed by atoms with Crippen molar-refractivity contribution in [3.8, 4) is 0 Å². The number of nitrogens with zero attached hydrogens (tertiary/aromatic N) is 2. The summed E-state index contributed by atoms with van der Waals surface area (Å²) in [5.41, 5.74) is 1.90. The first-order valence-electron chi connectivity index (χ1n) is 7.56. The van der Waals surface area contributed by atoms with Crippen molar-refractivity contribution in [1.29, 1.82) is 0 Å². The Hall–Kier alpha value is -1.40. The van der Waals surface area contributed by atoms with E-state index in [2.05, 4.69) is 36.3 Å². The highest BCUT2D eigenvalue weighted by molar-refractivity contribution is 5.77. The molecule has 0 unspecified atom stereocenters. The van der Waals surface area contributed by atoms with Crippen molar-refractivity contribution in [2.75, 3.05) is 19.6 Å². The normalized spacial score (nSPS) is 20.5. The van der Waals surface area contributed by atoms with E-state index in [-0.39, 0.29) is 17.4 Å². The molecule has 1 aliphatic rings. The van der Waals surface area contributed by atoms with Crippen LogP contribution in [-0.2, 0) is 16.8 Å². The number of hydrogen-bond donors (Lipinski definition) is 3. The molecule has 1 amide bonds. The van der Waals surface area contributed by atoms with Crippen molar-refractivity contribution in [2.24, 2.45) is 0 Å². The van der Waals surface area contributed by atoms with Gasteiger partial charge in [-0.1, -0.05) is 20.8 Å². The molecule has 0 spiro atoms. The standard InChI is InChI=1S/C15H26N4O2/c1-15(2,3)13-7-11(17-18-13)8-16-14(21)10-19-6-4-5-12(20)9-19/h7,12,20H,4-6,8-10H2,1-3H3,(H,16,21)(H,17,18)/t12-/m0/s1. The van der Waals surface area contributed by atoms with Crippen LogP contribution < -0.4 is 5.32 Å². The van der Waals surface area contributed by atoms with E-state index < -0.39 is 0 Å². The number of rotatable bonds is 4. The summed E-state index contributed by atoms with van der Waals surface area (Å²) < 4.78 is 0. The van der Waals surface area contributed by atoms with Gasteiger partial charge in [0, 0.05) is 12.0 Å². The van der Waals surface area contributed by atoms with Crippen molar-refractivity contribution < 1.29 is 9.90 Å². The van der Waals surface area contributed by atoms with Crippen LogP contribution in [0.2, 0.25) is 0 Å². The molecule has 0 aromatic carbocycles. The summed E-state index contributed by atoms with van der Waals surface area (Å²) in [6.45, 7) is 8.58. The monoisotopic (exact) mass is 294 g/mol. The summed E-state index contributed by atoms with van der Waals surface area (Å²) in [6.07, 6.45) is 1.49. The minimum absolute atomic E-state index is 0.00268. The molecule has 1 aliphatic heterocycles. The largest absolute Gasteiger partial charge is 0.392 e. The zero-order chi connectivity index (χ0) is 15.5. The van der Waals surface area contributed by atoms with Gasteiger partial charge in [-0.25, -0.2) is 0 Å². The van der Waals surface area contributed by atoms with E-state index in [0.29, 0.717) is 19.6 Å². The number of likely N-dealkylation sites (tertiary alicyclic amines) is 1. The predicted octanol–water partition coefficient (Wildman–Crippen LogP) is 0.780. The van der Waals surface area contributed by atoms with Crippen LogP contribution in [-0.4, -0.2) is 51.8 Å². The number of H-pyrrole nitrogens is 1. The molecule has 0 aliphatic carbocycles. The number of piperidine rings is 1. The molecule has 0 radical (unpaired) electrons. The molecule has 0 saturated carbocycles. The number of aliphatic hydroxyl groups excluding tert-OH is 1. The van der Waals surface area contributed by atoms with Crippen molar-refractivity contribution in [1.82, 2.24) is 20.4 Å². The van der Waals surface area contributed by atoms with E-state index >= 15 is 0 Å². The topological polar surface area (TPSA) is 81.3 Å². The molecule has 3 N–H and O–H groups in total. The maximum Gasteiger partial charge on any atom is 0.234 e. The second-order valence-corrected chi connectivity index (χ2v) is 6.84. The van der Waals surface area contributed by atoms with Crippen LogP contribution in [0.5, 0.6) is 0 Å². The van der Waals surface area contributed by atoms with Crippen LogP contribution in [0.3, 0.4) is 0 Å². The van der Waals surface area contributed by atoms with E-state index in [1.54, 1.807) is 0 Å². The Bertz CT molecular complexity index is 478. The van der Waals surface area contributed by atoms with Gasteiger partial charge in [-0.3, -0.25) is 14.8 Å². The van der Waals surface area contributed by atoms with Crippen LogP contribution in [0.15, 0.2) is 6.07 Å². The van der Waals surface area contributed by atoms with Crippen molar-refractivity contribution in [3.63, 3.8) is 0 Å². The van der Waals surface area contributed by atoms with E-state index in [9.17, 15) is 9.90 Å². The molecule has 1 saturated heterocycles. The number of nitrogens with one attached hydrogen (secondary N) is 2. The third-order valence-electron chi connectivity index (χ3n) is 3.72. The Morgan fingerprint density at radius 3 is 2.95 bits per heavy atom. The van der Waals surface area contributed by atoms with Crippen LogP contribution in [0.4, 0.5) is 0 Å². The molecule has 118 valence electrons. The molecule has 1 aromatic heterocycles. The molecule has 6 heteroatoms. The lowest BCUT2D eigenvalue weighted by molar-refractivity contribution is -0.123. The number of amides is 1. The highest BCUT2D eigenvalue weighted by Crippen LogP contribution is 2.20. The van der Waals surface area contributed by atoms with Gasteiger partial charge in [0.1, 0.15) is 0 Å². The lowest BCUT2D eigenvalue weighted by Gasteiger charge is -2.29. The second kappa shape index (κ2) is 6.58. The summed E-state index contributed by atoms with van der Waals surface area (Å²) in [6, 6.07) is 1.99. The summed E-state index contributed by atoms with van der Waals surface area (Å²) in [7, 11) is 0. The minimum atomic E-state index is -0.298. The Morgan fingerprint density at radius 1 is 1.57 bits per heavy atom. The van der Waals surface area contributed by atoms with Gasteiger partial charge in [0.05, 0.1) is 30.6 Å². The number of aliphatic hydroxyl groups is 1.